The summed E-state index contributed by atoms with van der Waals surface area (Å²) in [6.07, 6.45) is 2.71. The van der Waals surface area contributed by atoms with Crippen molar-refractivity contribution in [2.24, 2.45) is 0 Å². The highest BCUT2D eigenvalue weighted by Crippen LogP contribution is 2.38. The molecule has 5 rings (SSSR count). The lowest BCUT2D eigenvalue weighted by atomic mass is 10.0. The molecule has 2 aromatic heterocycles. The number of aliphatic hydroxyl groups excluding tert-OH is 1. The fraction of sp³-hybridized carbons (Fsp3) is 0.296. The van der Waals surface area contributed by atoms with Crippen LogP contribution in [0.5, 0.6) is 11.5 Å². The molecule has 0 amide bonds. The number of aliphatic hydroxyl groups is 1. The molecule has 1 unspecified atom stereocenters. The van der Waals surface area contributed by atoms with E-state index in [1.54, 1.807) is 17.7 Å². The van der Waals surface area contributed by atoms with Gasteiger partial charge < -0.3 is 30.3 Å². The zero-order valence-corrected chi connectivity index (χ0v) is 20.9. The van der Waals surface area contributed by atoms with Gasteiger partial charge in [0.25, 0.3) is 0 Å². The predicted molar refractivity (Wildman–Crippen MR) is 143 cm³/mol. The number of aromatic hydroxyl groups is 1. The molecule has 9 nitrogen and oxygen atoms in total. The molecule has 10 heteroatoms. The van der Waals surface area contributed by atoms with Crippen LogP contribution in [0, 0.1) is 0 Å². The van der Waals surface area contributed by atoms with E-state index in [1.807, 2.05) is 18.2 Å². The third kappa shape index (κ3) is 5.66. The molecular formula is C27H28N4O5S. The summed E-state index contributed by atoms with van der Waals surface area (Å²) in [7, 11) is 0. The molecular weight excluding hydrogens is 492 g/mol. The highest BCUT2D eigenvalue weighted by molar-refractivity contribution is 7.17. The molecule has 1 saturated heterocycles. The number of fused-ring (bicyclic) bond motifs is 1. The zero-order chi connectivity index (χ0) is 25.8. The van der Waals surface area contributed by atoms with Crippen molar-refractivity contribution in [1.82, 2.24) is 15.3 Å². The number of carbonyl (C=O) groups is 1. The minimum absolute atomic E-state index is 0.0248. The Morgan fingerprint density at radius 2 is 1.95 bits per heavy atom. The summed E-state index contributed by atoms with van der Waals surface area (Å²) in [4.78, 5) is 23.4. The topological polar surface area (TPSA) is 128 Å². The number of phenols is 1. The molecule has 1 aliphatic heterocycles. The van der Waals surface area contributed by atoms with E-state index in [2.05, 4.69) is 37.7 Å². The third-order valence-corrected chi connectivity index (χ3v) is 7.40. The molecule has 2 aromatic carbocycles. The normalized spacial score (nSPS) is 15.1. The molecule has 1 fully saturated rings. The van der Waals surface area contributed by atoms with Crippen molar-refractivity contribution in [3.63, 3.8) is 0 Å². The summed E-state index contributed by atoms with van der Waals surface area (Å²) in [5.41, 5.74) is 2.12. The maximum Gasteiger partial charge on any atom is 0.339 e. The van der Waals surface area contributed by atoms with Crippen molar-refractivity contribution < 1.29 is 24.9 Å². The maximum atomic E-state index is 11.0. The molecule has 3 heterocycles. The molecule has 37 heavy (non-hydrogen) atoms. The number of benzene rings is 2. The van der Waals surface area contributed by atoms with E-state index >= 15 is 0 Å². The van der Waals surface area contributed by atoms with Gasteiger partial charge in [0.05, 0.1) is 5.39 Å². The molecule has 1 atom stereocenters. The molecule has 0 radical (unpaired) electrons. The first kappa shape index (κ1) is 24.9. The van der Waals surface area contributed by atoms with Crippen LogP contribution in [0.3, 0.4) is 0 Å². The Labute approximate surface area is 218 Å². The number of rotatable bonds is 9. The van der Waals surface area contributed by atoms with Crippen LogP contribution in [0.25, 0.3) is 21.3 Å². The Balaban J connectivity index is 1.14. The van der Waals surface area contributed by atoms with Crippen LogP contribution in [0.2, 0.25) is 0 Å². The third-order valence-electron chi connectivity index (χ3n) is 6.51. The number of carboxylic acids is 1. The highest BCUT2D eigenvalue weighted by Gasteiger charge is 2.24. The maximum absolute atomic E-state index is 11.0. The standard InChI is InChI=1S/C27H28N4O5S/c32-19(14-36-20-6-7-21(27(34)35)23(33)12-20)13-28-18-8-10-31(11-9-18)25-24-22(17-4-2-1-3-5-17)15-37-26(24)30-16-29-25/h1-7,12,15-16,18-19,28,32-33H,8-11,13-14H2,(H,34,35). The lowest BCUT2D eigenvalue weighted by molar-refractivity contribution is 0.0693. The first-order valence-corrected chi connectivity index (χ1v) is 13.0. The summed E-state index contributed by atoms with van der Waals surface area (Å²) in [6.45, 7) is 2.08. The van der Waals surface area contributed by atoms with E-state index < -0.39 is 12.1 Å². The van der Waals surface area contributed by atoms with Crippen LogP contribution in [0.4, 0.5) is 5.82 Å². The van der Waals surface area contributed by atoms with E-state index in [4.69, 9.17) is 9.84 Å². The molecule has 0 bridgehead atoms. The fourth-order valence-corrected chi connectivity index (χ4v) is 5.47. The summed E-state index contributed by atoms with van der Waals surface area (Å²) in [5.74, 6) is -0.317. The van der Waals surface area contributed by atoms with Crippen LogP contribution >= 0.6 is 11.3 Å². The molecule has 4 N–H and O–H groups in total. The van der Waals surface area contributed by atoms with Gasteiger partial charge in [0.15, 0.2) is 0 Å². The number of ether oxygens (including phenoxy) is 1. The fourth-order valence-electron chi connectivity index (χ4n) is 4.56. The monoisotopic (exact) mass is 520 g/mol. The van der Waals surface area contributed by atoms with Crippen molar-refractivity contribution in [1.29, 1.82) is 0 Å². The van der Waals surface area contributed by atoms with E-state index in [1.165, 1.54) is 18.2 Å². The molecule has 1 aliphatic rings. The van der Waals surface area contributed by atoms with E-state index in [-0.39, 0.29) is 24.0 Å². The van der Waals surface area contributed by atoms with Gasteiger partial charge in [-0.25, -0.2) is 14.8 Å². The highest BCUT2D eigenvalue weighted by atomic mass is 32.1. The van der Waals surface area contributed by atoms with E-state index in [0.29, 0.717) is 12.3 Å². The molecule has 0 spiro atoms. The van der Waals surface area contributed by atoms with Gasteiger partial charge in [-0.15, -0.1) is 11.3 Å². The average Bonchev–Trinajstić information content (AvgIpc) is 3.36. The Kier molecular flexibility index (Phi) is 7.50. The van der Waals surface area contributed by atoms with Crippen molar-refractivity contribution in [3.05, 3.63) is 65.8 Å². The number of nitrogens with one attached hydrogen (secondary N) is 1. The molecule has 4 aromatic rings. The summed E-state index contributed by atoms with van der Waals surface area (Å²) in [5, 5.41) is 35.8. The first-order valence-electron chi connectivity index (χ1n) is 12.1. The van der Waals surface area contributed by atoms with Gasteiger partial charge in [0.2, 0.25) is 0 Å². The van der Waals surface area contributed by atoms with Crippen LogP contribution in [0.1, 0.15) is 23.2 Å². The second-order valence-corrected chi connectivity index (χ2v) is 9.87. The number of thiophene rings is 1. The van der Waals surface area contributed by atoms with Crippen LogP contribution < -0.4 is 15.0 Å². The van der Waals surface area contributed by atoms with Gasteiger partial charge in [-0.05, 0) is 30.5 Å². The Bertz CT molecular complexity index is 1370. The van der Waals surface area contributed by atoms with Gasteiger partial charge in [-0.3, -0.25) is 0 Å². The van der Waals surface area contributed by atoms with Crippen LogP contribution in [-0.2, 0) is 0 Å². The van der Waals surface area contributed by atoms with Crippen LogP contribution in [-0.4, -0.2) is 69.6 Å². The van der Waals surface area contributed by atoms with Crippen molar-refractivity contribution >= 4 is 33.3 Å². The molecule has 192 valence electrons. The minimum Gasteiger partial charge on any atom is -0.507 e. The number of piperidine rings is 1. The average molecular weight is 521 g/mol. The zero-order valence-electron chi connectivity index (χ0n) is 20.1. The summed E-state index contributed by atoms with van der Waals surface area (Å²) < 4.78 is 5.51. The SMILES string of the molecule is O=C(O)c1ccc(OCC(O)CNC2CCN(c3ncnc4scc(-c5ccccc5)c34)CC2)cc1O. The van der Waals surface area contributed by atoms with Crippen molar-refractivity contribution in [2.45, 2.75) is 25.0 Å². The lowest BCUT2D eigenvalue weighted by Gasteiger charge is -2.34. The quantitative estimate of drug-likeness (QED) is 0.261. The van der Waals surface area contributed by atoms with Crippen molar-refractivity contribution in [2.75, 3.05) is 31.1 Å². The second-order valence-electron chi connectivity index (χ2n) is 9.01. The van der Waals surface area contributed by atoms with Gasteiger partial charge in [-0.2, -0.15) is 0 Å². The number of hydrogen-bond donors (Lipinski definition) is 4. The Morgan fingerprint density at radius 3 is 2.68 bits per heavy atom. The van der Waals surface area contributed by atoms with E-state index in [0.717, 1.165) is 53.1 Å². The molecule has 0 saturated carbocycles. The largest absolute Gasteiger partial charge is 0.507 e. The second kappa shape index (κ2) is 11.1. The predicted octanol–water partition coefficient (Wildman–Crippen LogP) is 3.76. The minimum atomic E-state index is -1.21. The van der Waals surface area contributed by atoms with Gasteiger partial charge in [0.1, 0.15) is 46.7 Å². The summed E-state index contributed by atoms with van der Waals surface area (Å²) in [6, 6.07) is 14.5. The van der Waals surface area contributed by atoms with Gasteiger partial charge >= 0.3 is 5.97 Å². The van der Waals surface area contributed by atoms with Gasteiger partial charge in [0, 0.05) is 42.7 Å². The lowest BCUT2D eigenvalue weighted by Crippen LogP contribution is -2.45. The van der Waals surface area contributed by atoms with Crippen molar-refractivity contribution in [3.8, 4) is 22.6 Å². The first-order chi connectivity index (χ1) is 18.0. The van der Waals surface area contributed by atoms with E-state index in [9.17, 15) is 15.0 Å². The number of aromatic carboxylic acids is 1. The Hall–Kier alpha value is -3.73. The Morgan fingerprint density at radius 1 is 1.16 bits per heavy atom. The number of carboxylic acid groups (broad SMARTS) is 1. The number of aromatic nitrogens is 2. The van der Waals surface area contributed by atoms with Gasteiger partial charge in [-0.1, -0.05) is 30.3 Å². The molecule has 0 aliphatic carbocycles. The number of hydrogen-bond acceptors (Lipinski definition) is 9. The smallest absolute Gasteiger partial charge is 0.339 e. The number of anilines is 1. The summed E-state index contributed by atoms with van der Waals surface area (Å²) >= 11 is 1.63. The van der Waals surface area contributed by atoms with Crippen LogP contribution in [0.15, 0.2) is 60.2 Å². The number of nitrogens with zero attached hydrogens (tertiary/aromatic N) is 3.